The van der Waals surface area contributed by atoms with Gasteiger partial charge in [0, 0.05) is 29.2 Å². The summed E-state index contributed by atoms with van der Waals surface area (Å²) in [4.78, 5) is 17.3. The van der Waals surface area contributed by atoms with E-state index in [1.807, 2.05) is 6.07 Å². The van der Waals surface area contributed by atoms with E-state index >= 15 is 0 Å². The minimum atomic E-state index is 0.0159. The number of allylic oxidation sites excluding steroid dienone is 1. The number of hydrogen-bond donors (Lipinski definition) is 2. The molecule has 1 saturated heterocycles. The lowest BCUT2D eigenvalue weighted by Crippen LogP contribution is -2.34. The fourth-order valence-corrected chi connectivity index (χ4v) is 5.59. The van der Waals surface area contributed by atoms with Gasteiger partial charge in [-0.3, -0.25) is 9.69 Å². The lowest BCUT2D eigenvalue weighted by molar-refractivity contribution is -0.117. The van der Waals surface area contributed by atoms with Gasteiger partial charge in [0.25, 0.3) is 0 Å². The second kappa shape index (κ2) is 16.9. The molecule has 1 heterocycles. The average molecular weight is 500 g/mol. The molecule has 1 aromatic rings. The number of amides is 1. The lowest BCUT2D eigenvalue weighted by atomic mass is 9.95. The largest absolute Gasteiger partial charge is 0.398 e. The van der Waals surface area contributed by atoms with Crippen molar-refractivity contribution in [2.75, 3.05) is 31.9 Å². The molecular formula is C30H49N3OS. The molecule has 0 aromatic heterocycles. The minimum Gasteiger partial charge on any atom is -0.398 e. The van der Waals surface area contributed by atoms with Crippen molar-refractivity contribution in [1.29, 1.82) is 0 Å². The van der Waals surface area contributed by atoms with Crippen LogP contribution in [0.1, 0.15) is 90.0 Å². The molecular weight excluding hydrogens is 450 g/mol. The summed E-state index contributed by atoms with van der Waals surface area (Å²) in [6.45, 7) is 16.4. The first-order valence-electron chi connectivity index (χ1n) is 13.8. The van der Waals surface area contributed by atoms with Crippen LogP contribution in [-0.4, -0.2) is 37.0 Å². The summed E-state index contributed by atoms with van der Waals surface area (Å²) < 4.78 is 0. The predicted molar refractivity (Wildman–Crippen MR) is 154 cm³/mol. The van der Waals surface area contributed by atoms with E-state index in [0.717, 1.165) is 60.8 Å². The number of aryl methyl sites for hydroxylation is 1. The summed E-state index contributed by atoms with van der Waals surface area (Å²) in [6.07, 6.45) is 14.3. The van der Waals surface area contributed by atoms with Gasteiger partial charge in [0.1, 0.15) is 0 Å². The number of hydrogen-bond acceptors (Lipinski definition) is 4. The standard InChI is InChI=1S/C30H49N3OS/c1-5-7-8-9-10-11-14-27(22-32-30(34)24(3)23-33-19-12-13-20-33)16-15-25(4)35-29-21-26(6-2)17-18-28(29)31/h17-18,21,27H,3-16,19-20,22-23,31H2,1-2H3,(H,32,34). The molecule has 196 valence electrons. The zero-order chi connectivity index (χ0) is 25.5. The third-order valence-electron chi connectivity index (χ3n) is 7.02. The monoisotopic (exact) mass is 499 g/mol. The predicted octanol–water partition coefficient (Wildman–Crippen LogP) is 7.35. The van der Waals surface area contributed by atoms with Crippen LogP contribution in [0.5, 0.6) is 0 Å². The van der Waals surface area contributed by atoms with Gasteiger partial charge in [-0.25, -0.2) is 0 Å². The highest BCUT2D eigenvalue weighted by molar-refractivity contribution is 8.03. The van der Waals surface area contributed by atoms with Crippen LogP contribution in [0.4, 0.5) is 5.69 Å². The van der Waals surface area contributed by atoms with E-state index in [-0.39, 0.29) is 5.91 Å². The lowest BCUT2D eigenvalue weighted by Gasteiger charge is -2.20. The molecule has 0 saturated carbocycles. The van der Waals surface area contributed by atoms with Gasteiger partial charge in [0.15, 0.2) is 0 Å². The molecule has 0 bridgehead atoms. The SMILES string of the molecule is C=C(CCC(CCCCCCCC)CNC(=O)C(=C)CN1CCCC1)Sc1cc(CC)ccc1N. The highest BCUT2D eigenvalue weighted by Gasteiger charge is 2.17. The summed E-state index contributed by atoms with van der Waals surface area (Å²) in [5.74, 6) is 0.476. The Bertz CT molecular complexity index is 801. The molecule has 2 rings (SSSR count). The second-order valence-electron chi connectivity index (χ2n) is 10.1. The summed E-state index contributed by atoms with van der Waals surface area (Å²) in [5.41, 5.74) is 9.02. The normalized spacial score (nSPS) is 14.7. The van der Waals surface area contributed by atoms with E-state index in [1.165, 1.54) is 56.9 Å². The number of thioether (sulfide) groups is 1. The van der Waals surface area contributed by atoms with E-state index in [0.29, 0.717) is 18.0 Å². The molecule has 1 aromatic carbocycles. The van der Waals surface area contributed by atoms with Crippen molar-refractivity contribution in [3.05, 3.63) is 47.4 Å². The summed E-state index contributed by atoms with van der Waals surface area (Å²) in [7, 11) is 0. The Balaban J connectivity index is 1.83. The number of anilines is 1. The molecule has 1 atom stereocenters. The number of benzene rings is 1. The first-order chi connectivity index (χ1) is 16.9. The first kappa shape index (κ1) is 29.5. The zero-order valence-corrected chi connectivity index (χ0v) is 23.2. The van der Waals surface area contributed by atoms with Gasteiger partial charge in [0.05, 0.1) is 0 Å². The number of nitrogen functional groups attached to an aromatic ring is 1. The fourth-order valence-electron chi connectivity index (χ4n) is 4.67. The molecule has 0 radical (unpaired) electrons. The number of rotatable bonds is 18. The molecule has 1 amide bonds. The number of unbranched alkanes of at least 4 members (excludes halogenated alkanes) is 5. The van der Waals surface area contributed by atoms with E-state index in [2.05, 4.69) is 49.4 Å². The highest BCUT2D eigenvalue weighted by atomic mass is 32.2. The number of carbonyl (C=O) groups excluding carboxylic acids is 1. The number of likely N-dealkylation sites (tertiary alicyclic amines) is 1. The molecule has 1 aliphatic heterocycles. The quantitative estimate of drug-likeness (QED) is 0.0959. The maximum atomic E-state index is 12.7. The zero-order valence-electron chi connectivity index (χ0n) is 22.4. The summed E-state index contributed by atoms with van der Waals surface area (Å²) in [6, 6.07) is 6.28. The molecule has 35 heavy (non-hydrogen) atoms. The number of nitrogens with zero attached hydrogens (tertiary/aromatic N) is 1. The van der Waals surface area contributed by atoms with Gasteiger partial charge >= 0.3 is 0 Å². The van der Waals surface area contributed by atoms with Crippen molar-refractivity contribution in [1.82, 2.24) is 10.2 Å². The molecule has 1 aliphatic rings. The van der Waals surface area contributed by atoms with E-state index in [4.69, 9.17) is 5.73 Å². The highest BCUT2D eigenvalue weighted by Crippen LogP contribution is 2.34. The van der Waals surface area contributed by atoms with Gasteiger partial charge in [-0.2, -0.15) is 0 Å². The summed E-state index contributed by atoms with van der Waals surface area (Å²) in [5, 5.41) is 3.19. The van der Waals surface area contributed by atoms with Crippen molar-refractivity contribution in [2.24, 2.45) is 5.92 Å². The van der Waals surface area contributed by atoms with Crippen LogP contribution in [0.15, 0.2) is 46.7 Å². The molecule has 0 aliphatic carbocycles. The summed E-state index contributed by atoms with van der Waals surface area (Å²) >= 11 is 1.70. The third kappa shape index (κ3) is 11.7. The van der Waals surface area contributed by atoms with Crippen molar-refractivity contribution < 1.29 is 4.79 Å². The first-order valence-corrected chi connectivity index (χ1v) is 14.7. The average Bonchev–Trinajstić information content (AvgIpc) is 3.36. The van der Waals surface area contributed by atoms with Crippen molar-refractivity contribution in [2.45, 2.75) is 95.8 Å². The van der Waals surface area contributed by atoms with E-state index in [1.54, 1.807) is 11.8 Å². The Hall–Kier alpha value is -1.72. The van der Waals surface area contributed by atoms with Gasteiger partial charge in [-0.05, 0) is 80.1 Å². The number of nitrogens with one attached hydrogen (secondary N) is 1. The molecule has 5 heteroatoms. The molecule has 4 nitrogen and oxygen atoms in total. The number of carbonyl (C=O) groups is 1. The van der Waals surface area contributed by atoms with Crippen LogP contribution in [-0.2, 0) is 11.2 Å². The fraction of sp³-hybridized carbons (Fsp3) is 0.633. The maximum Gasteiger partial charge on any atom is 0.247 e. The van der Waals surface area contributed by atoms with E-state index < -0.39 is 0 Å². The van der Waals surface area contributed by atoms with Crippen LogP contribution in [0.25, 0.3) is 0 Å². The third-order valence-corrected chi connectivity index (χ3v) is 8.09. The van der Waals surface area contributed by atoms with Crippen LogP contribution >= 0.6 is 11.8 Å². The topological polar surface area (TPSA) is 58.4 Å². The number of nitrogens with two attached hydrogens (primary N) is 1. The van der Waals surface area contributed by atoms with Gasteiger partial charge in [-0.15, -0.1) is 0 Å². The maximum absolute atomic E-state index is 12.7. The van der Waals surface area contributed by atoms with Crippen molar-refractivity contribution in [3.8, 4) is 0 Å². The van der Waals surface area contributed by atoms with Gasteiger partial charge in [0.2, 0.25) is 5.91 Å². The van der Waals surface area contributed by atoms with Crippen LogP contribution in [0.3, 0.4) is 0 Å². The Morgan fingerprint density at radius 3 is 2.51 bits per heavy atom. The van der Waals surface area contributed by atoms with E-state index in [9.17, 15) is 4.79 Å². The Morgan fingerprint density at radius 1 is 1.09 bits per heavy atom. The van der Waals surface area contributed by atoms with Crippen LogP contribution in [0, 0.1) is 5.92 Å². The molecule has 3 N–H and O–H groups in total. The molecule has 1 fully saturated rings. The second-order valence-corrected chi connectivity index (χ2v) is 11.3. The van der Waals surface area contributed by atoms with Crippen molar-refractivity contribution >= 4 is 23.4 Å². The Labute approximate surface area is 219 Å². The van der Waals surface area contributed by atoms with Crippen LogP contribution < -0.4 is 11.1 Å². The van der Waals surface area contributed by atoms with Gasteiger partial charge < -0.3 is 11.1 Å². The molecule has 1 unspecified atom stereocenters. The Kier molecular flexibility index (Phi) is 14.2. The van der Waals surface area contributed by atoms with Crippen LogP contribution in [0.2, 0.25) is 0 Å². The van der Waals surface area contributed by atoms with Crippen molar-refractivity contribution in [3.63, 3.8) is 0 Å². The smallest absolute Gasteiger partial charge is 0.247 e. The molecule has 0 spiro atoms. The Morgan fingerprint density at radius 2 is 1.80 bits per heavy atom. The van der Waals surface area contributed by atoms with Gasteiger partial charge in [-0.1, -0.05) is 83.4 Å². The minimum absolute atomic E-state index is 0.0159.